The summed E-state index contributed by atoms with van der Waals surface area (Å²) in [6.07, 6.45) is 7.23. The molecule has 5 nitrogen and oxygen atoms in total. The van der Waals surface area contributed by atoms with Gasteiger partial charge in [-0.2, -0.15) is 0 Å². The van der Waals surface area contributed by atoms with Crippen LogP contribution in [0.1, 0.15) is 12.0 Å². The maximum atomic E-state index is 5.40. The van der Waals surface area contributed by atoms with Crippen molar-refractivity contribution in [2.24, 2.45) is 4.99 Å². The molecule has 0 amide bonds. The molecular weight excluding hydrogens is 475 g/mol. The molecule has 29 heavy (non-hydrogen) atoms. The third kappa shape index (κ3) is 7.17. The van der Waals surface area contributed by atoms with Crippen LogP contribution in [-0.2, 0) is 6.42 Å². The zero-order valence-corrected chi connectivity index (χ0v) is 19.1. The quantitative estimate of drug-likeness (QED) is 0.263. The first-order valence-corrected chi connectivity index (χ1v) is 9.71. The van der Waals surface area contributed by atoms with Crippen LogP contribution >= 0.6 is 24.0 Å². The van der Waals surface area contributed by atoms with E-state index in [0.717, 1.165) is 44.2 Å². The minimum atomic E-state index is 0. The molecule has 0 aromatic heterocycles. The first-order chi connectivity index (χ1) is 13.8. The van der Waals surface area contributed by atoms with Gasteiger partial charge in [-0.05, 0) is 42.7 Å². The van der Waals surface area contributed by atoms with Gasteiger partial charge in [0.25, 0.3) is 0 Å². The van der Waals surface area contributed by atoms with Crippen LogP contribution in [0.5, 0.6) is 5.75 Å². The highest BCUT2D eigenvalue weighted by Gasteiger charge is 2.23. The van der Waals surface area contributed by atoms with Crippen molar-refractivity contribution in [1.29, 1.82) is 0 Å². The Bertz CT molecular complexity index is 802. The Morgan fingerprint density at radius 3 is 2.66 bits per heavy atom. The fourth-order valence-electron chi connectivity index (χ4n) is 3.34. The molecule has 1 fully saturated rings. The Hall–Kier alpha value is -2.40. The molecule has 0 bridgehead atoms. The van der Waals surface area contributed by atoms with Crippen molar-refractivity contribution in [1.82, 2.24) is 10.6 Å². The molecule has 154 valence electrons. The number of terminal acetylenes is 1. The Morgan fingerprint density at radius 1 is 1.21 bits per heavy atom. The van der Waals surface area contributed by atoms with Crippen LogP contribution in [0.3, 0.4) is 0 Å². The SMILES string of the molecule is C#CCOc1ccc(CCNC(=NC)NC2CCN(c3ccccc3)C2)cc1.I. The number of halogens is 1. The molecular formula is C23H29IN4O. The Kier molecular flexibility index (Phi) is 9.65. The zero-order chi connectivity index (χ0) is 19.6. The summed E-state index contributed by atoms with van der Waals surface area (Å²) in [4.78, 5) is 6.78. The number of hydrogen-bond acceptors (Lipinski definition) is 3. The van der Waals surface area contributed by atoms with Gasteiger partial charge in [-0.1, -0.05) is 36.3 Å². The summed E-state index contributed by atoms with van der Waals surface area (Å²) in [6.45, 7) is 3.17. The van der Waals surface area contributed by atoms with Crippen molar-refractivity contribution < 1.29 is 4.74 Å². The number of nitrogens with zero attached hydrogens (tertiary/aromatic N) is 2. The summed E-state index contributed by atoms with van der Waals surface area (Å²) >= 11 is 0. The molecule has 0 aliphatic carbocycles. The van der Waals surface area contributed by atoms with E-state index >= 15 is 0 Å². The Labute approximate surface area is 191 Å². The highest BCUT2D eigenvalue weighted by atomic mass is 127. The van der Waals surface area contributed by atoms with Crippen LogP contribution in [0, 0.1) is 12.3 Å². The number of guanidine groups is 1. The molecule has 1 aliphatic heterocycles. The number of rotatable bonds is 7. The normalized spacial score (nSPS) is 15.9. The standard InChI is InChI=1S/C23H28N4O.HI/c1-3-17-28-22-11-9-19(10-12-22)13-15-25-23(24-2)26-20-14-16-27(18-20)21-7-5-4-6-8-21;/h1,4-12,20H,13-18H2,2H3,(H2,24,25,26);1H. The fraction of sp³-hybridized carbons (Fsp3) is 0.348. The molecule has 6 heteroatoms. The van der Waals surface area contributed by atoms with Gasteiger partial charge in [-0.15, -0.1) is 30.4 Å². The van der Waals surface area contributed by atoms with E-state index in [9.17, 15) is 0 Å². The fourth-order valence-corrected chi connectivity index (χ4v) is 3.34. The molecule has 1 saturated heterocycles. The van der Waals surface area contributed by atoms with Gasteiger partial charge in [-0.25, -0.2) is 0 Å². The first kappa shape index (κ1) is 22.9. The summed E-state index contributed by atoms with van der Waals surface area (Å²) in [6, 6.07) is 19.0. The van der Waals surface area contributed by atoms with E-state index < -0.39 is 0 Å². The first-order valence-electron chi connectivity index (χ1n) is 9.71. The lowest BCUT2D eigenvalue weighted by Crippen LogP contribution is -2.45. The maximum Gasteiger partial charge on any atom is 0.191 e. The lowest BCUT2D eigenvalue weighted by molar-refractivity contribution is 0.370. The van der Waals surface area contributed by atoms with Gasteiger partial charge in [0.1, 0.15) is 12.4 Å². The monoisotopic (exact) mass is 504 g/mol. The van der Waals surface area contributed by atoms with Gasteiger partial charge in [0, 0.05) is 38.4 Å². The summed E-state index contributed by atoms with van der Waals surface area (Å²) < 4.78 is 5.40. The van der Waals surface area contributed by atoms with E-state index in [1.165, 1.54) is 11.3 Å². The second kappa shape index (κ2) is 12.2. The Morgan fingerprint density at radius 2 is 1.97 bits per heavy atom. The van der Waals surface area contributed by atoms with Crippen LogP contribution in [-0.4, -0.2) is 45.3 Å². The van der Waals surface area contributed by atoms with Crippen molar-refractivity contribution in [3.05, 3.63) is 60.2 Å². The molecule has 3 rings (SSSR count). The molecule has 1 aliphatic rings. The van der Waals surface area contributed by atoms with Gasteiger partial charge in [0.15, 0.2) is 5.96 Å². The van der Waals surface area contributed by atoms with Gasteiger partial charge in [0.2, 0.25) is 0 Å². The van der Waals surface area contributed by atoms with E-state index in [4.69, 9.17) is 11.2 Å². The van der Waals surface area contributed by atoms with Crippen molar-refractivity contribution in [2.75, 3.05) is 38.2 Å². The van der Waals surface area contributed by atoms with Crippen LogP contribution in [0.25, 0.3) is 0 Å². The molecule has 2 aromatic carbocycles. The second-order valence-corrected chi connectivity index (χ2v) is 6.80. The van der Waals surface area contributed by atoms with Gasteiger partial charge >= 0.3 is 0 Å². The van der Waals surface area contributed by atoms with Crippen LogP contribution in [0.4, 0.5) is 5.69 Å². The minimum Gasteiger partial charge on any atom is -0.481 e. The molecule has 2 N–H and O–H groups in total. The summed E-state index contributed by atoms with van der Waals surface area (Å²) in [5, 5.41) is 6.95. The third-order valence-corrected chi connectivity index (χ3v) is 4.83. The van der Waals surface area contributed by atoms with E-state index in [-0.39, 0.29) is 24.0 Å². The number of nitrogens with one attached hydrogen (secondary N) is 2. The maximum absolute atomic E-state index is 5.40. The van der Waals surface area contributed by atoms with Gasteiger partial charge < -0.3 is 20.3 Å². The summed E-state index contributed by atoms with van der Waals surface area (Å²) in [7, 11) is 1.82. The van der Waals surface area contributed by atoms with Crippen LogP contribution < -0.4 is 20.3 Å². The average Bonchev–Trinajstić information content (AvgIpc) is 3.21. The number of aliphatic imine (C=N–C) groups is 1. The van der Waals surface area contributed by atoms with E-state index in [2.05, 4.69) is 68.9 Å². The largest absolute Gasteiger partial charge is 0.481 e. The minimum absolute atomic E-state index is 0. The van der Waals surface area contributed by atoms with Crippen molar-refractivity contribution in [3.8, 4) is 18.1 Å². The Balaban J connectivity index is 0.00000300. The molecule has 0 saturated carbocycles. The van der Waals surface area contributed by atoms with Gasteiger partial charge in [0.05, 0.1) is 0 Å². The van der Waals surface area contributed by atoms with Crippen LogP contribution in [0.2, 0.25) is 0 Å². The molecule has 1 heterocycles. The lowest BCUT2D eigenvalue weighted by Gasteiger charge is -2.20. The number of hydrogen-bond donors (Lipinski definition) is 2. The van der Waals surface area contributed by atoms with Crippen molar-refractivity contribution in [2.45, 2.75) is 18.9 Å². The predicted octanol–water partition coefficient (Wildman–Crippen LogP) is 3.30. The molecule has 1 unspecified atom stereocenters. The third-order valence-electron chi connectivity index (χ3n) is 4.83. The molecule has 2 aromatic rings. The molecule has 1 atom stereocenters. The van der Waals surface area contributed by atoms with Gasteiger partial charge in [-0.3, -0.25) is 4.99 Å². The number of para-hydroxylation sites is 1. The number of anilines is 1. The predicted molar refractivity (Wildman–Crippen MR) is 131 cm³/mol. The smallest absolute Gasteiger partial charge is 0.191 e. The van der Waals surface area contributed by atoms with E-state index in [1.807, 2.05) is 19.2 Å². The van der Waals surface area contributed by atoms with Crippen LogP contribution in [0.15, 0.2) is 59.6 Å². The van der Waals surface area contributed by atoms with Crippen molar-refractivity contribution in [3.63, 3.8) is 0 Å². The summed E-state index contributed by atoms with van der Waals surface area (Å²) in [5.74, 6) is 4.13. The average molecular weight is 504 g/mol. The summed E-state index contributed by atoms with van der Waals surface area (Å²) in [5.41, 5.74) is 2.52. The lowest BCUT2D eigenvalue weighted by atomic mass is 10.1. The highest BCUT2D eigenvalue weighted by Crippen LogP contribution is 2.19. The second-order valence-electron chi connectivity index (χ2n) is 6.80. The van der Waals surface area contributed by atoms with E-state index in [1.54, 1.807) is 0 Å². The molecule has 0 radical (unpaired) electrons. The number of benzene rings is 2. The number of ether oxygens (including phenoxy) is 1. The topological polar surface area (TPSA) is 48.9 Å². The molecule has 0 spiro atoms. The zero-order valence-electron chi connectivity index (χ0n) is 16.8. The van der Waals surface area contributed by atoms with Crippen molar-refractivity contribution >= 4 is 35.6 Å². The van der Waals surface area contributed by atoms with E-state index in [0.29, 0.717) is 12.6 Å². The highest BCUT2D eigenvalue weighted by molar-refractivity contribution is 14.0.